The van der Waals surface area contributed by atoms with Gasteiger partial charge in [0.1, 0.15) is 11.8 Å². The van der Waals surface area contributed by atoms with Crippen LogP contribution in [0.15, 0.2) is 18.2 Å². The molecule has 0 aliphatic carbocycles. The summed E-state index contributed by atoms with van der Waals surface area (Å²) in [5.41, 5.74) is 1.78. The lowest BCUT2D eigenvalue weighted by Gasteiger charge is -2.31. The molecule has 0 aromatic heterocycles. The van der Waals surface area contributed by atoms with Gasteiger partial charge in [-0.25, -0.2) is 0 Å². The van der Waals surface area contributed by atoms with Crippen molar-refractivity contribution in [1.82, 2.24) is 10.2 Å². The first-order valence-corrected chi connectivity index (χ1v) is 6.72. The third-order valence-electron chi connectivity index (χ3n) is 3.75. The van der Waals surface area contributed by atoms with Gasteiger partial charge < -0.3 is 10.1 Å². The highest BCUT2D eigenvalue weighted by Gasteiger charge is 2.18. The molecule has 1 aliphatic rings. The van der Waals surface area contributed by atoms with Crippen molar-refractivity contribution in [2.24, 2.45) is 0 Å². The van der Waals surface area contributed by atoms with Crippen LogP contribution in [-0.4, -0.2) is 38.2 Å². The summed E-state index contributed by atoms with van der Waals surface area (Å²) in [6, 6.07) is 8.60. The van der Waals surface area contributed by atoms with E-state index in [1.165, 1.54) is 18.4 Å². The average Bonchev–Trinajstić information content (AvgIpc) is 2.48. The first kappa shape index (κ1) is 16.8. The monoisotopic (exact) mass is 295 g/mol. The van der Waals surface area contributed by atoms with Crippen molar-refractivity contribution in [2.45, 2.75) is 25.4 Å². The van der Waals surface area contributed by atoms with Crippen LogP contribution in [-0.2, 0) is 6.54 Å². The van der Waals surface area contributed by atoms with Gasteiger partial charge >= 0.3 is 0 Å². The Hall–Kier alpha value is -1.28. The van der Waals surface area contributed by atoms with Gasteiger partial charge in [-0.05, 0) is 50.7 Å². The summed E-state index contributed by atoms with van der Waals surface area (Å²) in [5.74, 6) is 0.665. The largest absolute Gasteiger partial charge is 0.495 e. The quantitative estimate of drug-likeness (QED) is 0.925. The fraction of sp³-hybridized carbons (Fsp3) is 0.533. The van der Waals surface area contributed by atoms with E-state index in [1.807, 2.05) is 18.2 Å². The fourth-order valence-electron chi connectivity index (χ4n) is 2.59. The molecule has 1 heterocycles. The molecule has 0 saturated carbocycles. The van der Waals surface area contributed by atoms with Crippen LogP contribution in [0.1, 0.15) is 24.0 Å². The Kier molecular flexibility index (Phi) is 6.80. The molecule has 0 atom stereocenters. The van der Waals surface area contributed by atoms with Crippen molar-refractivity contribution in [1.29, 1.82) is 5.26 Å². The number of methoxy groups -OCH3 is 1. The minimum Gasteiger partial charge on any atom is -0.495 e. The molecule has 1 N–H and O–H groups in total. The van der Waals surface area contributed by atoms with Crippen molar-refractivity contribution >= 4 is 12.4 Å². The van der Waals surface area contributed by atoms with Crippen LogP contribution < -0.4 is 10.1 Å². The maximum Gasteiger partial charge on any atom is 0.136 e. The van der Waals surface area contributed by atoms with E-state index in [0.717, 1.165) is 19.6 Å². The van der Waals surface area contributed by atoms with Crippen molar-refractivity contribution in [3.8, 4) is 11.8 Å². The maximum absolute atomic E-state index is 8.98. The number of hydrogen-bond donors (Lipinski definition) is 1. The van der Waals surface area contributed by atoms with E-state index in [9.17, 15) is 0 Å². The summed E-state index contributed by atoms with van der Waals surface area (Å²) in [6.45, 7) is 3.10. The smallest absolute Gasteiger partial charge is 0.136 e. The third-order valence-corrected chi connectivity index (χ3v) is 3.75. The Balaban J connectivity index is 0.00000200. The summed E-state index contributed by atoms with van der Waals surface area (Å²) in [4.78, 5) is 2.39. The molecule has 5 heteroatoms. The van der Waals surface area contributed by atoms with E-state index >= 15 is 0 Å². The van der Waals surface area contributed by atoms with Crippen LogP contribution in [0, 0.1) is 11.3 Å². The van der Waals surface area contributed by atoms with Gasteiger partial charge in [0.25, 0.3) is 0 Å². The second-order valence-corrected chi connectivity index (χ2v) is 5.04. The second-order valence-electron chi connectivity index (χ2n) is 5.04. The SMILES string of the molecule is COc1cc(CN(C)C2CCNCC2)ccc1C#N.Cl. The van der Waals surface area contributed by atoms with Crippen LogP contribution >= 0.6 is 12.4 Å². The molecule has 1 saturated heterocycles. The topological polar surface area (TPSA) is 48.3 Å². The van der Waals surface area contributed by atoms with Gasteiger partial charge in [-0.2, -0.15) is 5.26 Å². The zero-order chi connectivity index (χ0) is 13.7. The lowest BCUT2D eigenvalue weighted by molar-refractivity contribution is 0.191. The molecule has 0 bridgehead atoms. The van der Waals surface area contributed by atoms with E-state index in [1.54, 1.807) is 7.11 Å². The first-order chi connectivity index (χ1) is 9.24. The lowest BCUT2D eigenvalue weighted by atomic mass is 10.0. The highest BCUT2D eigenvalue weighted by Crippen LogP contribution is 2.21. The molecular formula is C15H22ClN3O. The molecule has 0 spiro atoms. The molecule has 2 rings (SSSR count). The molecule has 0 amide bonds. The summed E-state index contributed by atoms with van der Waals surface area (Å²) in [5, 5.41) is 12.4. The Morgan fingerprint density at radius 2 is 2.10 bits per heavy atom. The van der Waals surface area contributed by atoms with Gasteiger partial charge in [0, 0.05) is 12.6 Å². The molecule has 1 aromatic carbocycles. The number of ether oxygens (including phenoxy) is 1. The molecule has 1 aliphatic heterocycles. The number of rotatable bonds is 4. The summed E-state index contributed by atoms with van der Waals surface area (Å²) >= 11 is 0. The van der Waals surface area contributed by atoms with E-state index in [4.69, 9.17) is 10.00 Å². The molecule has 4 nitrogen and oxygen atoms in total. The van der Waals surface area contributed by atoms with E-state index in [0.29, 0.717) is 17.4 Å². The number of benzene rings is 1. The molecule has 0 unspecified atom stereocenters. The van der Waals surface area contributed by atoms with Crippen molar-refractivity contribution in [2.75, 3.05) is 27.2 Å². The number of nitriles is 1. The standard InChI is InChI=1S/C15H21N3O.ClH/c1-18(14-5-7-17-8-6-14)11-12-3-4-13(10-16)15(9-12)19-2;/h3-4,9,14,17H,5-8,11H2,1-2H3;1H. The predicted octanol–water partition coefficient (Wildman–Crippen LogP) is 2.17. The summed E-state index contributed by atoms with van der Waals surface area (Å²) < 4.78 is 5.25. The third kappa shape index (κ3) is 4.11. The zero-order valence-corrected chi connectivity index (χ0v) is 12.9. The van der Waals surface area contributed by atoms with E-state index < -0.39 is 0 Å². The Morgan fingerprint density at radius 1 is 1.40 bits per heavy atom. The molecule has 110 valence electrons. The highest BCUT2D eigenvalue weighted by atomic mass is 35.5. The van der Waals surface area contributed by atoms with Crippen LogP contribution in [0.4, 0.5) is 0 Å². The van der Waals surface area contributed by atoms with Gasteiger partial charge in [-0.3, -0.25) is 4.90 Å². The van der Waals surface area contributed by atoms with Crippen molar-refractivity contribution < 1.29 is 4.74 Å². The first-order valence-electron chi connectivity index (χ1n) is 6.72. The van der Waals surface area contributed by atoms with Crippen molar-refractivity contribution in [3.63, 3.8) is 0 Å². The molecule has 1 fully saturated rings. The van der Waals surface area contributed by atoms with Gasteiger partial charge in [0.05, 0.1) is 12.7 Å². The number of halogens is 1. The second kappa shape index (κ2) is 8.11. The van der Waals surface area contributed by atoms with E-state index in [-0.39, 0.29) is 12.4 Å². The molecule has 1 aromatic rings. The maximum atomic E-state index is 8.98. The number of nitrogens with one attached hydrogen (secondary N) is 1. The number of piperidine rings is 1. The zero-order valence-electron chi connectivity index (χ0n) is 12.1. The van der Waals surface area contributed by atoms with Crippen LogP contribution in [0.25, 0.3) is 0 Å². The predicted molar refractivity (Wildman–Crippen MR) is 82.3 cm³/mol. The van der Waals surface area contributed by atoms with E-state index in [2.05, 4.69) is 23.3 Å². The van der Waals surface area contributed by atoms with Crippen molar-refractivity contribution in [3.05, 3.63) is 29.3 Å². The van der Waals surface area contributed by atoms with Gasteiger partial charge in [-0.1, -0.05) is 6.07 Å². The van der Waals surface area contributed by atoms with Crippen LogP contribution in [0.5, 0.6) is 5.75 Å². The van der Waals surface area contributed by atoms with Crippen LogP contribution in [0.3, 0.4) is 0 Å². The Labute approximate surface area is 127 Å². The molecular weight excluding hydrogens is 274 g/mol. The Bertz CT molecular complexity index is 467. The fourth-order valence-corrected chi connectivity index (χ4v) is 2.59. The van der Waals surface area contributed by atoms with Crippen LogP contribution in [0.2, 0.25) is 0 Å². The lowest BCUT2D eigenvalue weighted by Crippen LogP contribution is -2.40. The van der Waals surface area contributed by atoms with Gasteiger partial charge in [0.15, 0.2) is 0 Å². The average molecular weight is 296 g/mol. The minimum atomic E-state index is 0. The minimum absolute atomic E-state index is 0. The normalized spacial score (nSPS) is 15.5. The molecule has 0 radical (unpaired) electrons. The van der Waals surface area contributed by atoms with Gasteiger partial charge in [0.2, 0.25) is 0 Å². The highest BCUT2D eigenvalue weighted by molar-refractivity contribution is 5.85. The molecule has 20 heavy (non-hydrogen) atoms. The number of hydrogen-bond acceptors (Lipinski definition) is 4. The Morgan fingerprint density at radius 3 is 2.70 bits per heavy atom. The summed E-state index contributed by atoms with van der Waals surface area (Å²) in [7, 11) is 3.77. The van der Waals surface area contributed by atoms with Gasteiger partial charge in [-0.15, -0.1) is 12.4 Å². The number of nitrogens with zero attached hydrogens (tertiary/aromatic N) is 2. The summed E-state index contributed by atoms with van der Waals surface area (Å²) in [6.07, 6.45) is 2.40.